The first-order chi connectivity index (χ1) is 15.7. The van der Waals surface area contributed by atoms with E-state index in [4.69, 9.17) is 9.47 Å². The molecule has 7 nitrogen and oxygen atoms in total. The molecule has 0 bridgehead atoms. The van der Waals surface area contributed by atoms with Crippen LogP contribution < -0.4 is 19.5 Å². The lowest BCUT2D eigenvalue weighted by Crippen LogP contribution is -2.45. The Bertz CT molecular complexity index is 1230. The summed E-state index contributed by atoms with van der Waals surface area (Å²) in [5, 5.41) is 2.82. The van der Waals surface area contributed by atoms with E-state index in [-0.39, 0.29) is 11.3 Å². The zero-order valence-corrected chi connectivity index (χ0v) is 19.9. The van der Waals surface area contributed by atoms with E-state index in [1.54, 1.807) is 25.1 Å². The normalized spacial score (nSPS) is 12.1. The van der Waals surface area contributed by atoms with Gasteiger partial charge in [-0.3, -0.25) is 4.79 Å². The number of aryl methyl sites for hydroxylation is 2. The Hall–Kier alpha value is -3.36. The fourth-order valence-electron chi connectivity index (χ4n) is 3.45. The molecule has 3 aromatic carbocycles. The quantitative estimate of drug-likeness (QED) is 0.498. The van der Waals surface area contributed by atoms with Gasteiger partial charge in [0.05, 0.1) is 24.8 Å². The Morgan fingerprint density at radius 2 is 1.58 bits per heavy atom. The average molecular weight is 469 g/mol. The van der Waals surface area contributed by atoms with Crippen molar-refractivity contribution in [3.8, 4) is 11.5 Å². The van der Waals surface area contributed by atoms with Crippen LogP contribution in [0.15, 0.2) is 71.6 Å². The Kier molecular flexibility index (Phi) is 7.73. The molecule has 1 amide bonds. The smallest absolute Gasteiger partial charge is 0.243 e. The van der Waals surface area contributed by atoms with E-state index in [0.717, 1.165) is 11.1 Å². The minimum absolute atomic E-state index is 0.0554. The predicted molar refractivity (Wildman–Crippen MR) is 128 cm³/mol. The highest BCUT2D eigenvalue weighted by atomic mass is 32.2. The monoisotopic (exact) mass is 468 g/mol. The molecule has 0 heterocycles. The summed E-state index contributed by atoms with van der Waals surface area (Å²) >= 11 is 0. The summed E-state index contributed by atoms with van der Waals surface area (Å²) in [6.07, 6.45) is 0.176. The predicted octanol–water partition coefficient (Wildman–Crippen LogP) is 3.85. The molecule has 33 heavy (non-hydrogen) atoms. The summed E-state index contributed by atoms with van der Waals surface area (Å²) in [6.45, 7) is 3.65. The van der Waals surface area contributed by atoms with Crippen LogP contribution in [0.3, 0.4) is 0 Å². The van der Waals surface area contributed by atoms with Crippen LogP contribution in [0.5, 0.6) is 11.5 Å². The van der Waals surface area contributed by atoms with Crippen molar-refractivity contribution in [3.05, 3.63) is 83.4 Å². The second-order valence-electron chi connectivity index (χ2n) is 7.69. The van der Waals surface area contributed by atoms with Gasteiger partial charge in [0.15, 0.2) is 0 Å². The van der Waals surface area contributed by atoms with Crippen LogP contribution in [-0.4, -0.2) is 34.6 Å². The molecule has 3 rings (SSSR count). The van der Waals surface area contributed by atoms with Gasteiger partial charge in [-0.05, 0) is 67.3 Å². The zero-order valence-electron chi connectivity index (χ0n) is 19.1. The molecule has 0 saturated carbocycles. The number of amides is 1. The van der Waals surface area contributed by atoms with Crippen LogP contribution in [0, 0.1) is 13.8 Å². The number of hydrogen-bond donors (Lipinski definition) is 2. The summed E-state index contributed by atoms with van der Waals surface area (Å²) in [5.41, 5.74) is 2.90. The number of sulfonamides is 1. The number of carbonyl (C=O) groups is 1. The molecule has 0 fully saturated rings. The van der Waals surface area contributed by atoms with Crippen molar-refractivity contribution in [2.24, 2.45) is 0 Å². The van der Waals surface area contributed by atoms with E-state index in [0.29, 0.717) is 22.7 Å². The molecule has 174 valence electrons. The number of methoxy groups -OCH3 is 2. The summed E-state index contributed by atoms with van der Waals surface area (Å²) in [5.74, 6) is 0.580. The maximum atomic E-state index is 13.3. The summed E-state index contributed by atoms with van der Waals surface area (Å²) in [4.78, 5) is 13.3. The van der Waals surface area contributed by atoms with Gasteiger partial charge in [-0.2, -0.15) is 4.72 Å². The van der Waals surface area contributed by atoms with Crippen LogP contribution in [0.2, 0.25) is 0 Å². The van der Waals surface area contributed by atoms with Gasteiger partial charge in [-0.15, -0.1) is 0 Å². The second kappa shape index (κ2) is 10.5. The van der Waals surface area contributed by atoms with Crippen molar-refractivity contribution in [2.75, 3.05) is 19.5 Å². The Morgan fingerprint density at radius 3 is 2.21 bits per heavy atom. The van der Waals surface area contributed by atoms with Gasteiger partial charge in [-0.1, -0.05) is 36.4 Å². The third-order valence-corrected chi connectivity index (χ3v) is 6.66. The lowest BCUT2D eigenvalue weighted by Gasteiger charge is -2.20. The van der Waals surface area contributed by atoms with Crippen molar-refractivity contribution in [1.29, 1.82) is 0 Å². The molecule has 0 aliphatic heterocycles. The van der Waals surface area contributed by atoms with Crippen LogP contribution >= 0.6 is 0 Å². The molecule has 0 aromatic heterocycles. The average Bonchev–Trinajstić information content (AvgIpc) is 2.79. The first-order valence-corrected chi connectivity index (χ1v) is 11.9. The zero-order chi connectivity index (χ0) is 24.0. The van der Waals surface area contributed by atoms with E-state index in [9.17, 15) is 13.2 Å². The first-order valence-electron chi connectivity index (χ1n) is 10.4. The van der Waals surface area contributed by atoms with E-state index in [1.807, 2.05) is 43.3 Å². The van der Waals surface area contributed by atoms with Crippen molar-refractivity contribution < 1.29 is 22.7 Å². The van der Waals surface area contributed by atoms with Crippen LogP contribution in [-0.2, 0) is 21.2 Å². The number of hydrogen-bond acceptors (Lipinski definition) is 5. The Balaban J connectivity index is 1.92. The van der Waals surface area contributed by atoms with Crippen molar-refractivity contribution in [2.45, 2.75) is 31.2 Å². The lowest BCUT2D eigenvalue weighted by atomic mass is 10.1. The lowest BCUT2D eigenvalue weighted by molar-refractivity contribution is -0.117. The molecule has 0 radical (unpaired) electrons. The number of nitrogens with one attached hydrogen (secondary N) is 2. The minimum atomic E-state index is -3.99. The Labute approximate surface area is 194 Å². The largest absolute Gasteiger partial charge is 0.496 e. The topological polar surface area (TPSA) is 93.7 Å². The molecular weight excluding hydrogens is 440 g/mol. The van der Waals surface area contributed by atoms with Crippen LogP contribution in [0.25, 0.3) is 0 Å². The highest BCUT2D eigenvalue weighted by molar-refractivity contribution is 7.89. The molecule has 0 saturated heterocycles. The van der Waals surface area contributed by atoms with Gasteiger partial charge < -0.3 is 14.8 Å². The SMILES string of the molecule is COc1ccc(S(=O)(=O)N[C@@H](Cc2ccccc2)C(=O)Nc2cc(C)ccc2OC)cc1C. The second-order valence-corrected chi connectivity index (χ2v) is 9.40. The maximum absolute atomic E-state index is 13.3. The molecule has 3 aromatic rings. The molecule has 1 atom stereocenters. The fourth-order valence-corrected chi connectivity index (χ4v) is 4.73. The molecule has 0 aliphatic carbocycles. The fraction of sp³-hybridized carbons (Fsp3) is 0.240. The number of ether oxygens (including phenoxy) is 2. The number of anilines is 1. The minimum Gasteiger partial charge on any atom is -0.496 e. The molecule has 0 unspecified atom stereocenters. The van der Waals surface area contributed by atoms with Gasteiger partial charge in [0, 0.05) is 0 Å². The van der Waals surface area contributed by atoms with Crippen LogP contribution in [0.4, 0.5) is 5.69 Å². The van der Waals surface area contributed by atoms with Crippen molar-refractivity contribution in [1.82, 2.24) is 4.72 Å². The van der Waals surface area contributed by atoms with Gasteiger partial charge in [0.2, 0.25) is 15.9 Å². The Morgan fingerprint density at radius 1 is 0.909 bits per heavy atom. The van der Waals surface area contributed by atoms with E-state index in [1.165, 1.54) is 26.4 Å². The molecule has 2 N–H and O–H groups in total. The van der Waals surface area contributed by atoms with Gasteiger partial charge >= 0.3 is 0 Å². The summed E-state index contributed by atoms with van der Waals surface area (Å²) in [6, 6.07) is 18.1. The maximum Gasteiger partial charge on any atom is 0.243 e. The van der Waals surface area contributed by atoms with Gasteiger partial charge in [0.25, 0.3) is 0 Å². The number of benzene rings is 3. The number of rotatable bonds is 9. The van der Waals surface area contributed by atoms with Gasteiger partial charge in [-0.25, -0.2) is 8.42 Å². The van der Waals surface area contributed by atoms with Crippen LogP contribution in [0.1, 0.15) is 16.7 Å². The first kappa shape index (κ1) is 24.3. The highest BCUT2D eigenvalue weighted by Crippen LogP contribution is 2.26. The number of carbonyl (C=O) groups excluding carboxylic acids is 1. The highest BCUT2D eigenvalue weighted by Gasteiger charge is 2.27. The third-order valence-electron chi connectivity index (χ3n) is 5.19. The van der Waals surface area contributed by atoms with Crippen molar-refractivity contribution in [3.63, 3.8) is 0 Å². The molecular formula is C25H28N2O5S. The van der Waals surface area contributed by atoms with E-state index in [2.05, 4.69) is 10.0 Å². The van der Waals surface area contributed by atoms with E-state index >= 15 is 0 Å². The van der Waals surface area contributed by atoms with Gasteiger partial charge in [0.1, 0.15) is 17.5 Å². The summed E-state index contributed by atoms with van der Waals surface area (Å²) in [7, 11) is -0.953. The van der Waals surface area contributed by atoms with E-state index < -0.39 is 22.0 Å². The molecule has 0 aliphatic rings. The molecule has 8 heteroatoms. The third kappa shape index (κ3) is 6.12. The van der Waals surface area contributed by atoms with Crippen molar-refractivity contribution >= 4 is 21.6 Å². The standard InChI is InChI=1S/C25H28N2O5S/c1-17-10-12-24(32-4)21(14-17)26-25(28)22(16-19-8-6-5-7-9-19)27-33(29,30)20-11-13-23(31-3)18(2)15-20/h5-15,22,27H,16H2,1-4H3,(H,26,28)/t22-/m0/s1. The molecule has 0 spiro atoms. The summed E-state index contributed by atoms with van der Waals surface area (Å²) < 4.78 is 39.5.